The van der Waals surface area contributed by atoms with Crippen molar-refractivity contribution in [3.05, 3.63) is 82.1 Å². The first-order valence-corrected chi connectivity index (χ1v) is 18.5. The molecule has 2 fully saturated rings. The number of piperidine rings is 1. The number of hydrogen-bond acceptors (Lipinski definition) is 9. The highest BCUT2D eigenvalue weighted by Gasteiger charge is 2.46. The van der Waals surface area contributed by atoms with E-state index in [0.717, 1.165) is 61.7 Å². The summed E-state index contributed by atoms with van der Waals surface area (Å²) < 4.78 is 19.3. The van der Waals surface area contributed by atoms with Gasteiger partial charge in [0.05, 0.1) is 31.3 Å². The summed E-state index contributed by atoms with van der Waals surface area (Å²) in [5.41, 5.74) is 0.163. The number of pyridine rings is 1. The van der Waals surface area contributed by atoms with Gasteiger partial charge in [-0.2, -0.15) is 4.98 Å². The second-order valence-electron chi connectivity index (χ2n) is 13.6. The second-order valence-corrected chi connectivity index (χ2v) is 17.0. The van der Waals surface area contributed by atoms with Crippen LogP contribution in [0.1, 0.15) is 63.2 Å². The van der Waals surface area contributed by atoms with Crippen LogP contribution in [0.3, 0.4) is 0 Å². The Kier molecular flexibility index (Phi) is 8.92. The molecule has 0 bridgehead atoms. The molecule has 4 aromatic heterocycles. The third-order valence-corrected chi connectivity index (χ3v) is 12.7. The van der Waals surface area contributed by atoms with Crippen molar-refractivity contribution in [3.63, 3.8) is 0 Å². The number of aromatic hydroxyl groups is 1. The van der Waals surface area contributed by atoms with E-state index in [-0.39, 0.29) is 32.6 Å². The van der Waals surface area contributed by atoms with Gasteiger partial charge in [-0.15, -0.1) is 0 Å². The molecular formula is C34H37ClN8O4S2. The molecule has 1 spiro atoms. The van der Waals surface area contributed by atoms with Crippen LogP contribution in [-0.2, 0) is 11.0 Å². The number of carbonyl (C=O) groups is 1. The van der Waals surface area contributed by atoms with Gasteiger partial charge in [-0.3, -0.25) is 18.4 Å². The van der Waals surface area contributed by atoms with Crippen LogP contribution < -0.4 is 20.5 Å². The summed E-state index contributed by atoms with van der Waals surface area (Å²) in [4.78, 5) is 43.4. The predicted octanol–water partition coefficient (Wildman–Crippen LogP) is 5.69. The summed E-state index contributed by atoms with van der Waals surface area (Å²) >= 11 is 8.15. The highest BCUT2D eigenvalue weighted by Crippen LogP contribution is 2.47. The van der Waals surface area contributed by atoms with Crippen molar-refractivity contribution in [1.29, 1.82) is 0 Å². The molecule has 2 atom stereocenters. The number of anilines is 2. The van der Waals surface area contributed by atoms with Crippen LogP contribution in [-0.4, -0.2) is 62.9 Å². The van der Waals surface area contributed by atoms with Gasteiger partial charge in [-0.25, -0.2) is 18.9 Å². The average molecular weight is 721 g/mol. The molecular weight excluding hydrogens is 684 g/mol. The molecule has 15 heteroatoms. The molecule has 5 heterocycles. The molecule has 1 aromatic carbocycles. The Bertz CT molecular complexity index is 2160. The molecule has 1 aliphatic heterocycles. The van der Waals surface area contributed by atoms with E-state index in [4.69, 9.17) is 16.6 Å². The Balaban J connectivity index is 1.08. The summed E-state index contributed by atoms with van der Waals surface area (Å²) in [5, 5.41) is 13.3. The molecule has 12 nitrogen and oxygen atoms in total. The number of halogens is 1. The largest absolute Gasteiger partial charge is 0.493 e. The number of benzene rings is 1. The fourth-order valence-corrected chi connectivity index (χ4v) is 9.03. The van der Waals surface area contributed by atoms with Crippen LogP contribution in [0, 0.1) is 5.41 Å². The summed E-state index contributed by atoms with van der Waals surface area (Å²) in [5.74, 6) is -0.678. The zero-order valence-electron chi connectivity index (χ0n) is 27.4. The SMILES string of the molecule is CC(C)(C)S(=O)N[C@@H]1CCCC12CCN(c1ncc(Sc3cccc(NC(=O)c4c(O)nc5ccccn5c4=O)c3Cl)c3nccn13)CC2. The molecule has 1 amide bonds. The van der Waals surface area contributed by atoms with Crippen molar-refractivity contribution in [1.82, 2.24) is 28.5 Å². The van der Waals surface area contributed by atoms with Gasteiger partial charge in [0.25, 0.3) is 11.5 Å². The van der Waals surface area contributed by atoms with Gasteiger partial charge >= 0.3 is 0 Å². The van der Waals surface area contributed by atoms with E-state index in [1.807, 2.05) is 37.4 Å². The first-order chi connectivity index (χ1) is 23.4. The third kappa shape index (κ3) is 6.31. The summed E-state index contributed by atoms with van der Waals surface area (Å²) in [7, 11) is -1.10. The molecule has 1 aliphatic carbocycles. The zero-order valence-corrected chi connectivity index (χ0v) is 29.7. The van der Waals surface area contributed by atoms with Crippen molar-refractivity contribution in [2.45, 2.75) is 73.5 Å². The van der Waals surface area contributed by atoms with E-state index in [9.17, 15) is 18.9 Å². The quantitative estimate of drug-likeness (QED) is 0.193. The summed E-state index contributed by atoms with van der Waals surface area (Å²) in [6.45, 7) is 7.70. The van der Waals surface area contributed by atoms with Gasteiger partial charge < -0.3 is 15.3 Å². The molecule has 0 radical (unpaired) electrons. The number of fused-ring (bicyclic) bond motifs is 2. The van der Waals surface area contributed by atoms with Crippen LogP contribution in [0.2, 0.25) is 5.02 Å². The molecule has 1 unspecified atom stereocenters. The van der Waals surface area contributed by atoms with Crippen molar-refractivity contribution >= 4 is 63.2 Å². The lowest BCUT2D eigenvalue weighted by molar-refractivity contribution is 0.102. The van der Waals surface area contributed by atoms with Crippen molar-refractivity contribution in [2.24, 2.45) is 5.41 Å². The van der Waals surface area contributed by atoms with Gasteiger partial charge in [0.15, 0.2) is 11.2 Å². The number of carbonyl (C=O) groups excluding carboxylic acids is 1. The van der Waals surface area contributed by atoms with Crippen molar-refractivity contribution in [2.75, 3.05) is 23.3 Å². The summed E-state index contributed by atoms with van der Waals surface area (Å²) in [6.07, 6.45) is 12.2. The lowest BCUT2D eigenvalue weighted by Crippen LogP contribution is -2.51. The van der Waals surface area contributed by atoms with Gasteiger partial charge in [-0.1, -0.05) is 41.9 Å². The zero-order chi connectivity index (χ0) is 34.5. The fourth-order valence-electron chi connectivity index (χ4n) is 6.83. The third-order valence-electron chi connectivity index (χ3n) is 9.50. The van der Waals surface area contributed by atoms with Crippen LogP contribution in [0.5, 0.6) is 5.88 Å². The van der Waals surface area contributed by atoms with Gasteiger partial charge in [0.1, 0.15) is 5.65 Å². The van der Waals surface area contributed by atoms with E-state index in [2.05, 4.69) is 24.9 Å². The number of amides is 1. The van der Waals surface area contributed by atoms with E-state index < -0.39 is 33.9 Å². The predicted molar refractivity (Wildman–Crippen MR) is 192 cm³/mol. The average Bonchev–Trinajstić information content (AvgIpc) is 3.71. The molecule has 1 saturated heterocycles. The first-order valence-electron chi connectivity index (χ1n) is 16.2. The van der Waals surface area contributed by atoms with Crippen LogP contribution in [0.15, 0.2) is 75.8 Å². The lowest BCUT2D eigenvalue weighted by atomic mass is 9.74. The van der Waals surface area contributed by atoms with Crippen LogP contribution in [0.25, 0.3) is 11.3 Å². The maximum absolute atomic E-state index is 13.2. The van der Waals surface area contributed by atoms with E-state index in [0.29, 0.717) is 4.90 Å². The highest BCUT2D eigenvalue weighted by atomic mass is 35.5. The standard InChI is InChI=1S/C34H37ClN8O4S2/c1-33(2,3)49(47)40-24-10-7-12-34(24)13-17-41(18-14-34)32-37-20-23(28-36-15-19-43(28)32)48-22-9-6-8-21(27(22)35)38-29(44)26-30(45)39-25-11-4-5-16-42(25)31(26)46/h4-6,8-9,11,15-16,19-20,24,40,45H,7,10,12-14,17-18H2,1-3H3,(H,38,44)/t24-,49?/m1/s1. The normalized spacial score (nSPS) is 18.4. The fraction of sp³-hybridized carbons (Fsp3) is 0.382. The van der Waals surface area contributed by atoms with Crippen LogP contribution in [0.4, 0.5) is 11.6 Å². The van der Waals surface area contributed by atoms with Crippen LogP contribution >= 0.6 is 23.4 Å². The minimum absolute atomic E-state index is 0.135. The molecule has 256 valence electrons. The summed E-state index contributed by atoms with van der Waals surface area (Å²) in [6, 6.07) is 10.3. The highest BCUT2D eigenvalue weighted by molar-refractivity contribution is 7.99. The molecule has 3 N–H and O–H groups in total. The van der Waals surface area contributed by atoms with Crippen molar-refractivity contribution < 1.29 is 14.1 Å². The molecule has 49 heavy (non-hydrogen) atoms. The number of nitrogens with zero attached hydrogens (tertiary/aromatic N) is 6. The number of rotatable bonds is 7. The van der Waals surface area contributed by atoms with E-state index >= 15 is 0 Å². The maximum atomic E-state index is 13.2. The monoisotopic (exact) mass is 720 g/mol. The van der Waals surface area contributed by atoms with Crippen molar-refractivity contribution in [3.8, 4) is 5.88 Å². The second kappa shape index (κ2) is 13.0. The Morgan fingerprint density at radius 2 is 1.86 bits per heavy atom. The van der Waals surface area contributed by atoms with E-state index in [1.54, 1.807) is 42.7 Å². The Morgan fingerprint density at radius 1 is 1.06 bits per heavy atom. The Hall–Kier alpha value is -3.98. The minimum Gasteiger partial charge on any atom is -0.493 e. The number of imidazole rings is 1. The number of nitrogens with one attached hydrogen (secondary N) is 2. The number of aromatic nitrogens is 5. The van der Waals surface area contributed by atoms with Gasteiger partial charge in [-0.05, 0) is 76.1 Å². The first kappa shape index (κ1) is 33.5. The minimum atomic E-state index is -1.10. The van der Waals surface area contributed by atoms with Gasteiger partial charge in [0.2, 0.25) is 11.8 Å². The number of hydrogen-bond donors (Lipinski definition) is 3. The Labute approximate surface area is 294 Å². The molecule has 1 saturated carbocycles. The van der Waals surface area contributed by atoms with E-state index in [1.165, 1.54) is 22.4 Å². The molecule has 7 rings (SSSR count). The Morgan fingerprint density at radius 3 is 2.63 bits per heavy atom. The topological polar surface area (TPSA) is 146 Å². The lowest BCUT2D eigenvalue weighted by Gasteiger charge is -2.44. The van der Waals surface area contributed by atoms with Gasteiger partial charge in [0, 0.05) is 48.8 Å². The molecule has 5 aromatic rings. The smallest absolute Gasteiger partial charge is 0.274 e. The maximum Gasteiger partial charge on any atom is 0.274 e. The molecule has 2 aliphatic rings.